The van der Waals surface area contributed by atoms with Crippen LogP contribution < -0.4 is 0 Å². The first-order chi connectivity index (χ1) is 5.27. The third-order valence-corrected chi connectivity index (χ3v) is 2.21. The molecule has 0 saturated carbocycles. The van der Waals surface area contributed by atoms with E-state index in [-0.39, 0.29) is 5.76 Å². The molecule has 0 spiro atoms. The molecule has 2 rings (SSSR count). The normalized spacial score (nSPS) is 10.5. The van der Waals surface area contributed by atoms with Gasteiger partial charge < -0.3 is 10.1 Å². The zero-order valence-corrected chi connectivity index (χ0v) is 6.48. The summed E-state index contributed by atoms with van der Waals surface area (Å²) >= 11 is 1.53. The Labute approximate surface area is 67.0 Å². The van der Waals surface area contributed by atoms with E-state index in [1.165, 1.54) is 11.3 Å². The number of rotatable bonds is 1. The number of aromatic amines is 1. The van der Waals surface area contributed by atoms with Crippen molar-refractivity contribution in [3.05, 3.63) is 23.8 Å². The van der Waals surface area contributed by atoms with Gasteiger partial charge in [-0.05, 0) is 6.07 Å². The molecule has 0 unspecified atom stereocenters. The van der Waals surface area contributed by atoms with Crippen molar-refractivity contribution < 1.29 is 5.11 Å². The largest absolute Gasteiger partial charge is 0.506 e. The van der Waals surface area contributed by atoms with Crippen molar-refractivity contribution in [3.8, 4) is 0 Å². The molecule has 11 heavy (non-hydrogen) atoms. The number of thiazole rings is 1. The standard InChI is InChI=1S/C7H6N2OS/c1-4(10)5-2-6-7(9-5)8-3-11-6/h2-3,9-10H,1H2. The van der Waals surface area contributed by atoms with Gasteiger partial charge in [0.1, 0.15) is 11.4 Å². The average Bonchev–Trinajstić information content (AvgIpc) is 2.40. The van der Waals surface area contributed by atoms with Crippen LogP contribution in [0.2, 0.25) is 0 Å². The van der Waals surface area contributed by atoms with Crippen LogP contribution in [0.1, 0.15) is 5.69 Å². The van der Waals surface area contributed by atoms with E-state index >= 15 is 0 Å². The number of nitrogens with one attached hydrogen (secondary N) is 1. The maximum Gasteiger partial charge on any atom is 0.148 e. The van der Waals surface area contributed by atoms with Gasteiger partial charge in [-0.25, -0.2) is 4.98 Å². The summed E-state index contributed by atoms with van der Waals surface area (Å²) in [6.07, 6.45) is 0. The lowest BCUT2D eigenvalue weighted by atomic mass is 10.4. The van der Waals surface area contributed by atoms with Crippen LogP contribution in [0, 0.1) is 0 Å². The molecular weight excluding hydrogens is 160 g/mol. The third kappa shape index (κ3) is 0.914. The highest BCUT2D eigenvalue weighted by atomic mass is 32.1. The van der Waals surface area contributed by atoms with Crippen LogP contribution in [0.4, 0.5) is 0 Å². The Kier molecular flexibility index (Phi) is 1.22. The van der Waals surface area contributed by atoms with Gasteiger partial charge in [0.2, 0.25) is 0 Å². The highest BCUT2D eigenvalue weighted by molar-refractivity contribution is 7.16. The zero-order chi connectivity index (χ0) is 7.84. The van der Waals surface area contributed by atoms with Crippen molar-refractivity contribution >= 4 is 27.4 Å². The van der Waals surface area contributed by atoms with Crippen molar-refractivity contribution in [1.82, 2.24) is 9.97 Å². The molecule has 0 aliphatic rings. The maximum absolute atomic E-state index is 8.99. The van der Waals surface area contributed by atoms with E-state index in [0.717, 1.165) is 10.3 Å². The first kappa shape index (κ1) is 6.42. The molecule has 0 radical (unpaired) electrons. The molecule has 0 fully saturated rings. The van der Waals surface area contributed by atoms with Gasteiger partial charge in [-0.15, -0.1) is 11.3 Å². The van der Waals surface area contributed by atoms with Crippen molar-refractivity contribution in [1.29, 1.82) is 0 Å². The van der Waals surface area contributed by atoms with Gasteiger partial charge in [0.15, 0.2) is 0 Å². The molecule has 2 heterocycles. The molecule has 0 aromatic carbocycles. The minimum absolute atomic E-state index is 0.0511. The van der Waals surface area contributed by atoms with E-state index in [9.17, 15) is 0 Å². The summed E-state index contributed by atoms with van der Waals surface area (Å²) in [6, 6.07) is 1.83. The van der Waals surface area contributed by atoms with E-state index in [1.807, 2.05) is 6.07 Å². The molecule has 0 aliphatic carbocycles. The molecule has 0 aliphatic heterocycles. The first-order valence-corrected chi connectivity index (χ1v) is 3.96. The lowest BCUT2D eigenvalue weighted by Gasteiger charge is -1.88. The van der Waals surface area contributed by atoms with Crippen molar-refractivity contribution in [2.75, 3.05) is 0 Å². The van der Waals surface area contributed by atoms with Crippen LogP contribution in [0.25, 0.3) is 16.1 Å². The second-order valence-corrected chi connectivity index (χ2v) is 3.08. The number of H-pyrrole nitrogens is 1. The number of fused-ring (bicyclic) bond motifs is 1. The summed E-state index contributed by atoms with van der Waals surface area (Å²) in [5.41, 5.74) is 3.20. The van der Waals surface area contributed by atoms with E-state index in [2.05, 4.69) is 16.5 Å². The Balaban J connectivity index is 2.67. The predicted molar refractivity (Wildman–Crippen MR) is 45.6 cm³/mol. The molecule has 0 amide bonds. The Morgan fingerprint density at radius 1 is 1.73 bits per heavy atom. The fourth-order valence-corrected chi connectivity index (χ4v) is 1.57. The van der Waals surface area contributed by atoms with Crippen LogP contribution >= 0.6 is 11.3 Å². The SMILES string of the molecule is C=C(O)c1cc2scnc2[nH]1. The minimum Gasteiger partial charge on any atom is -0.506 e. The summed E-state index contributed by atoms with van der Waals surface area (Å²) in [6.45, 7) is 3.40. The molecular formula is C7H6N2OS. The minimum atomic E-state index is 0.0511. The van der Waals surface area contributed by atoms with Crippen molar-refractivity contribution in [2.45, 2.75) is 0 Å². The lowest BCUT2D eigenvalue weighted by Crippen LogP contribution is -1.78. The smallest absolute Gasteiger partial charge is 0.148 e. The summed E-state index contributed by atoms with van der Waals surface area (Å²) in [4.78, 5) is 6.96. The summed E-state index contributed by atoms with van der Waals surface area (Å²) in [7, 11) is 0. The van der Waals surface area contributed by atoms with Gasteiger partial charge >= 0.3 is 0 Å². The van der Waals surface area contributed by atoms with Crippen molar-refractivity contribution in [2.24, 2.45) is 0 Å². The summed E-state index contributed by atoms with van der Waals surface area (Å²) in [5.74, 6) is 0.0511. The van der Waals surface area contributed by atoms with Gasteiger partial charge in [0.25, 0.3) is 0 Å². The van der Waals surface area contributed by atoms with Gasteiger partial charge in [0.05, 0.1) is 15.9 Å². The van der Waals surface area contributed by atoms with Crippen LogP contribution in [-0.4, -0.2) is 15.1 Å². The molecule has 0 bridgehead atoms. The maximum atomic E-state index is 8.99. The molecule has 3 nitrogen and oxygen atoms in total. The molecule has 56 valence electrons. The molecule has 2 aromatic heterocycles. The van der Waals surface area contributed by atoms with Gasteiger partial charge in [-0.2, -0.15) is 0 Å². The third-order valence-electron chi connectivity index (χ3n) is 1.43. The fraction of sp³-hybridized carbons (Fsp3) is 0. The van der Waals surface area contributed by atoms with Crippen LogP contribution in [-0.2, 0) is 0 Å². The predicted octanol–water partition coefficient (Wildman–Crippen LogP) is 2.15. The van der Waals surface area contributed by atoms with Crippen LogP contribution in [0.3, 0.4) is 0 Å². The Bertz CT molecular complexity index is 373. The number of aromatic nitrogens is 2. The highest BCUT2D eigenvalue weighted by Gasteiger charge is 2.03. The lowest BCUT2D eigenvalue weighted by molar-refractivity contribution is 0.511. The molecule has 0 saturated heterocycles. The Morgan fingerprint density at radius 2 is 2.55 bits per heavy atom. The number of nitrogens with zero attached hydrogens (tertiary/aromatic N) is 1. The monoisotopic (exact) mass is 166 g/mol. The highest BCUT2D eigenvalue weighted by Crippen LogP contribution is 2.20. The Hall–Kier alpha value is -1.29. The van der Waals surface area contributed by atoms with Crippen LogP contribution in [0.5, 0.6) is 0 Å². The quantitative estimate of drug-likeness (QED) is 0.638. The molecule has 0 atom stereocenters. The summed E-state index contributed by atoms with van der Waals surface area (Å²) < 4.78 is 1.04. The Morgan fingerprint density at radius 3 is 3.18 bits per heavy atom. The molecule has 2 N–H and O–H groups in total. The van der Waals surface area contributed by atoms with Crippen LogP contribution in [0.15, 0.2) is 18.2 Å². The molecule has 4 heteroatoms. The van der Waals surface area contributed by atoms with Gasteiger partial charge in [-0.3, -0.25) is 0 Å². The van der Waals surface area contributed by atoms with E-state index < -0.39 is 0 Å². The van der Waals surface area contributed by atoms with Crippen molar-refractivity contribution in [3.63, 3.8) is 0 Å². The topological polar surface area (TPSA) is 48.9 Å². The number of hydrogen-bond acceptors (Lipinski definition) is 3. The zero-order valence-electron chi connectivity index (χ0n) is 5.66. The number of hydrogen-bond donors (Lipinski definition) is 2. The van der Waals surface area contributed by atoms with E-state index in [1.54, 1.807) is 5.51 Å². The summed E-state index contributed by atoms with van der Waals surface area (Å²) in [5, 5.41) is 8.99. The second kappa shape index (κ2) is 2.10. The second-order valence-electron chi connectivity index (χ2n) is 2.19. The first-order valence-electron chi connectivity index (χ1n) is 3.08. The number of aliphatic hydroxyl groups is 1. The van der Waals surface area contributed by atoms with Gasteiger partial charge in [0, 0.05) is 0 Å². The average molecular weight is 166 g/mol. The fourth-order valence-electron chi connectivity index (χ4n) is 0.902. The van der Waals surface area contributed by atoms with E-state index in [4.69, 9.17) is 5.11 Å². The number of aliphatic hydroxyl groups excluding tert-OH is 1. The van der Waals surface area contributed by atoms with E-state index in [0.29, 0.717) is 5.69 Å². The van der Waals surface area contributed by atoms with Gasteiger partial charge in [-0.1, -0.05) is 6.58 Å². The molecule has 2 aromatic rings.